The molecule has 0 aromatic carbocycles. The van der Waals surface area contributed by atoms with Gasteiger partial charge in [-0.05, 0) is 63.7 Å². The van der Waals surface area contributed by atoms with Crippen molar-refractivity contribution >= 4 is 5.97 Å². The van der Waals surface area contributed by atoms with Crippen LogP contribution in [0.4, 0.5) is 0 Å². The van der Waals surface area contributed by atoms with Crippen molar-refractivity contribution in [2.24, 2.45) is 17.8 Å². The topological polar surface area (TPSA) is 26.3 Å². The molecule has 0 aliphatic heterocycles. The molecule has 19 heavy (non-hydrogen) atoms. The summed E-state index contributed by atoms with van der Waals surface area (Å²) in [4.78, 5) is 12.4. The van der Waals surface area contributed by atoms with Gasteiger partial charge in [-0.2, -0.15) is 0 Å². The summed E-state index contributed by atoms with van der Waals surface area (Å²) < 4.78 is 5.91. The van der Waals surface area contributed by atoms with Crippen LogP contribution in [-0.4, -0.2) is 11.6 Å². The quantitative estimate of drug-likeness (QED) is 0.711. The summed E-state index contributed by atoms with van der Waals surface area (Å²) in [6.45, 7) is 4.21. The fraction of sp³-hybridized carbons (Fsp3) is 0.824. The van der Waals surface area contributed by atoms with Crippen molar-refractivity contribution in [3.63, 3.8) is 0 Å². The van der Waals surface area contributed by atoms with Gasteiger partial charge in [-0.15, -0.1) is 0 Å². The fourth-order valence-electron chi connectivity index (χ4n) is 4.25. The van der Waals surface area contributed by atoms with E-state index in [1.807, 2.05) is 0 Å². The van der Waals surface area contributed by atoms with E-state index in [1.165, 1.54) is 51.4 Å². The third-order valence-corrected chi connectivity index (χ3v) is 5.51. The maximum Gasteiger partial charge on any atom is 0.334 e. The van der Waals surface area contributed by atoms with Crippen molar-refractivity contribution in [2.45, 2.75) is 70.8 Å². The molecule has 2 unspecified atom stereocenters. The molecule has 2 fully saturated rings. The highest BCUT2D eigenvalue weighted by atomic mass is 16.6. The number of rotatable bonds is 3. The highest BCUT2D eigenvalue weighted by Crippen LogP contribution is 2.45. The third-order valence-electron chi connectivity index (χ3n) is 5.51. The Morgan fingerprint density at radius 1 is 1.16 bits per heavy atom. The lowest BCUT2D eigenvalue weighted by Gasteiger charge is -2.37. The first-order chi connectivity index (χ1) is 9.06. The van der Waals surface area contributed by atoms with Gasteiger partial charge in [0.1, 0.15) is 5.60 Å². The molecule has 0 spiro atoms. The van der Waals surface area contributed by atoms with E-state index in [2.05, 4.69) is 19.9 Å². The maximum absolute atomic E-state index is 12.4. The molecular formula is C17H26O2. The van der Waals surface area contributed by atoms with Gasteiger partial charge in [0.05, 0.1) is 0 Å². The second-order valence-corrected chi connectivity index (χ2v) is 7.22. The molecule has 0 amide bonds. The van der Waals surface area contributed by atoms with E-state index in [9.17, 15) is 4.79 Å². The minimum absolute atomic E-state index is 0.0252. The SMILES string of the molecule is CC(C)(OC(=O)C1=CC2CCC1C2)C1CCCCC1. The Kier molecular flexibility index (Phi) is 3.44. The van der Waals surface area contributed by atoms with Gasteiger partial charge in [0, 0.05) is 5.57 Å². The average molecular weight is 262 g/mol. The minimum atomic E-state index is -0.291. The Morgan fingerprint density at radius 3 is 2.47 bits per heavy atom. The molecule has 2 heteroatoms. The number of hydrogen-bond acceptors (Lipinski definition) is 2. The van der Waals surface area contributed by atoms with E-state index in [1.54, 1.807) is 0 Å². The number of carbonyl (C=O) groups excluding carboxylic acids is 1. The summed E-state index contributed by atoms with van der Waals surface area (Å²) in [5.74, 6) is 1.68. The first-order valence-electron chi connectivity index (χ1n) is 8.01. The van der Waals surface area contributed by atoms with Crippen molar-refractivity contribution in [1.29, 1.82) is 0 Å². The number of carbonyl (C=O) groups is 1. The molecule has 0 heterocycles. The summed E-state index contributed by atoms with van der Waals surface area (Å²) in [5.41, 5.74) is 0.695. The van der Waals surface area contributed by atoms with Crippen molar-refractivity contribution in [3.05, 3.63) is 11.6 Å². The van der Waals surface area contributed by atoms with Crippen LogP contribution in [0.3, 0.4) is 0 Å². The summed E-state index contributed by atoms with van der Waals surface area (Å²) >= 11 is 0. The highest BCUT2D eigenvalue weighted by molar-refractivity contribution is 5.90. The standard InChI is InChI=1S/C17H26O2/c1-17(2,14-6-4-3-5-7-14)19-16(18)15-11-12-8-9-13(15)10-12/h11-14H,3-10H2,1-2H3. The van der Waals surface area contributed by atoms with Crippen LogP contribution in [-0.2, 0) is 9.53 Å². The van der Waals surface area contributed by atoms with Gasteiger partial charge in [-0.3, -0.25) is 0 Å². The van der Waals surface area contributed by atoms with Gasteiger partial charge in [0.15, 0.2) is 0 Å². The largest absolute Gasteiger partial charge is 0.456 e. The molecule has 0 N–H and O–H groups in total. The van der Waals surface area contributed by atoms with Crippen LogP contribution in [0.15, 0.2) is 11.6 Å². The van der Waals surface area contributed by atoms with Gasteiger partial charge in [0.2, 0.25) is 0 Å². The molecule has 2 atom stereocenters. The van der Waals surface area contributed by atoms with Gasteiger partial charge in [-0.1, -0.05) is 25.3 Å². The molecular weight excluding hydrogens is 236 g/mol. The Bertz CT molecular complexity index is 388. The Labute approximate surface area is 116 Å². The van der Waals surface area contributed by atoms with Crippen molar-refractivity contribution in [3.8, 4) is 0 Å². The highest BCUT2D eigenvalue weighted by Gasteiger charge is 2.40. The Hall–Kier alpha value is -0.790. The van der Waals surface area contributed by atoms with E-state index in [-0.39, 0.29) is 11.6 Å². The molecule has 0 aromatic rings. The first kappa shape index (κ1) is 13.2. The van der Waals surface area contributed by atoms with E-state index >= 15 is 0 Å². The maximum atomic E-state index is 12.4. The van der Waals surface area contributed by atoms with Gasteiger partial charge >= 0.3 is 5.97 Å². The van der Waals surface area contributed by atoms with Crippen LogP contribution in [0.25, 0.3) is 0 Å². The zero-order chi connectivity index (χ0) is 13.5. The van der Waals surface area contributed by atoms with Crippen molar-refractivity contribution in [2.75, 3.05) is 0 Å². The van der Waals surface area contributed by atoms with Crippen LogP contribution >= 0.6 is 0 Å². The molecule has 2 nitrogen and oxygen atoms in total. The third kappa shape index (κ3) is 2.59. The average Bonchev–Trinajstić information content (AvgIpc) is 3.01. The number of allylic oxidation sites excluding steroid dienone is 1. The van der Waals surface area contributed by atoms with E-state index in [4.69, 9.17) is 4.74 Å². The summed E-state index contributed by atoms with van der Waals surface area (Å²) in [7, 11) is 0. The lowest BCUT2D eigenvalue weighted by Crippen LogP contribution is -2.38. The molecule has 106 valence electrons. The number of ether oxygens (including phenoxy) is 1. The molecule has 0 aromatic heterocycles. The zero-order valence-electron chi connectivity index (χ0n) is 12.3. The lowest BCUT2D eigenvalue weighted by molar-refractivity contribution is -0.158. The molecule has 3 aliphatic carbocycles. The van der Waals surface area contributed by atoms with Crippen molar-refractivity contribution in [1.82, 2.24) is 0 Å². The molecule has 3 aliphatic rings. The van der Waals surface area contributed by atoms with Crippen LogP contribution in [0.2, 0.25) is 0 Å². The molecule has 2 bridgehead atoms. The summed E-state index contributed by atoms with van der Waals surface area (Å²) in [6.07, 6.45) is 12.2. The molecule has 3 rings (SSSR count). The first-order valence-corrected chi connectivity index (χ1v) is 8.01. The fourth-order valence-corrected chi connectivity index (χ4v) is 4.25. The summed E-state index contributed by atoms with van der Waals surface area (Å²) in [5, 5.41) is 0. The normalized spacial score (nSPS) is 31.4. The molecule has 0 saturated heterocycles. The zero-order valence-corrected chi connectivity index (χ0v) is 12.3. The Morgan fingerprint density at radius 2 is 1.89 bits per heavy atom. The smallest absolute Gasteiger partial charge is 0.334 e. The van der Waals surface area contributed by atoms with Gasteiger partial charge < -0.3 is 4.74 Å². The van der Waals surface area contributed by atoms with Crippen LogP contribution in [0.1, 0.15) is 65.2 Å². The second-order valence-electron chi connectivity index (χ2n) is 7.22. The monoisotopic (exact) mass is 262 g/mol. The van der Waals surface area contributed by atoms with Crippen LogP contribution in [0.5, 0.6) is 0 Å². The predicted molar refractivity (Wildman–Crippen MR) is 75.7 cm³/mol. The lowest BCUT2D eigenvalue weighted by atomic mass is 9.78. The number of esters is 1. The second kappa shape index (κ2) is 4.96. The van der Waals surface area contributed by atoms with Gasteiger partial charge in [-0.25, -0.2) is 4.79 Å². The van der Waals surface area contributed by atoms with E-state index < -0.39 is 0 Å². The van der Waals surface area contributed by atoms with E-state index in [0.717, 1.165) is 5.57 Å². The minimum Gasteiger partial charge on any atom is -0.456 e. The molecule has 0 radical (unpaired) electrons. The van der Waals surface area contributed by atoms with Crippen LogP contribution in [0, 0.1) is 17.8 Å². The van der Waals surface area contributed by atoms with E-state index in [0.29, 0.717) is 17.8 Å². The summed E-state index contributed by atoms with van der Waals surface area (Å²) in [6, 6.07) is 0. The van der Waals surface area contributed by atoms with Crippen LogP contribution < -0.4 is 0 Å². The Balaban J connectivity index is 1.63. The number of hydrogen-bond donors (Lipinski definition) is 0. The predicted octanol–water partition coefficient (Wildman–Crippen LogP) is 4.24. The van der Waals surface area contributed by atoms with Crippen molar-refractivity contribution < 1.29 is 9.53 Å². The molecule has 2 saturated carbocycles. The number of fused-ring (bicyclic) bond motifs is 2. The van der Waals surface area contributed by atoms with Gasteiger partial charge in [0.25, 0.3) is 0 Å².